The Kier molecular flexibility index (Phi) is 6.42. The average molecular weight is 423 g/mol. The highest BCUT2D eigenvalue weighted by molar-refractivity contribution is 6.32. The van der Waals surface area contributed by atoms with Crippen molar-refractivity contribution in [2.24, 2.45) is 0 Å². The third kappa shape index (κ3) is 4.53. The first-order valence-electron chi connectivity index (χ1n) is 9.53. The van der Waals surface area contributed by atoms with Crippen LogP contribution in [0, 0.1) is 0 Å². The highest BCUT2D eigenvalue weighted by Crippen LogP contribution is 2.35. The molecule has 1 aliphatic heterocycles. The SMILES string of the molecule is COc1ccc(C(=O)COC(=O)CCCN2C(=O)NC3(CCCC3)C2=O)cc1Cl. The van der Waals surface area contributed by atoms with Crippen molar-refractivity contribution in [1.29, 1.82) is 0 Å². The molecule has 0 aromatic heterocycles. The number of carbonyl (C=O) groups excluding carboxylic acids is 4. The second-order valence-electron chi connectivity index (χ2n) is 7.21. The number of rotatable bonds is 8. The van der Waals surface area contributed by atoms with Gasteiger partial charge in [0.1, 0.15) is 11.3 Å². The van der Waals surface area contributed by atoms with Crippen LogP contribution in [0.3, 0.4) is 0 Å². The van der Waals surface area contributed by atoms with E-state index in [-0.39, 0.29) is 31.1 Å². The molecule has 0 radical (unpaired) electrons. The summed E-state index contributed by atoms with van der Waals surface area (Å²) in [5.74, 6) is -0.721. The lowest BCUT2D eigenvalue weighted by Gasteiger charge is -2.19. The van der Waals surface area contributed by atoms with Gasteiger partial charge in [0.25, 0.3) is 5.91 Å². The molecule has 1 saturated carbocycles. The van der Waals surface area contributed by atoms with Gasteiger partial charge in [0, 0.05) is 18.5 Å². The van der Waals surface area contributed by atoms with Crippen LogP contribution in [-0.2, 0) is 14.3 Å². The van der Waals surface area contributed by atoms with E-state index in [0.717, 1.165) is 12.8 Å². The van der Waals surface area contributed by atoms with Crippen molar-refractivity contribution in [2.75, 3.05) is 20.3 Å². The number of urea groups is 1. The van der Waals surface area contributed by atoms with Crippen LogP contribution in [0.15, 0.2) is 18.2 Å². The molecule has 9 heteroatoms. The maximum atomic E-state index is 12.5. The molecule has 0 atom stereocenters. The first-order chi connectivity index (χ1) is 13.9. The molecule has 3 amide bonds. The number of benzene rings is 1. The van der Waals surface area contributed by atoms with Gasteiger partial charge in [-0.2, -0.15) is 0 Å². The summed E-state index contributed by atoms with van der Waals surface area (Å²) in [7, 11) is 1.47. The Morgan fingerprint density at radius 3 is 2.62 bits per heavy atom. The van der Waals surface area contributed by atoms with Gasteiger partial charge in [-0.3, -0.25) is 19.3 Å². The number of methoxy groups -OCH3 is 1. The Morgan fingerprint density at radius 2 is 1.97 bits per heavy atom. The predicted octanol–water partition coefficient (Wildman–Crippen LogP) is 2.72. The molecular weight excluding hydrogens is 400 g/mol. The molecule has 1 aromatic carbocycles. The number of hydrogen-bond donors (Lipinski definition) is 1. The maximum Gasteiger partial charge on any atom is 0.325 e. The minimum atomic E-state index is -0.746. The number of carbonyl (C=O) groups is 4. The van der Waals surface area contributed by atoms with Crippen LogP contribution in [0.5, 0.6) is 5.75 Å². The molecule has 1 heterocycles. The second kappa shape index (κ2) is 8.82. The number of hydrogen-bond acceptors (Lipinski definition) is 6. The summed E-state index contributed by atoms with van der Waals surface area (Å²) < 4.78 is 10.0. The summed E-state index contributed by atoms with van der Waals surface area (Å²) >= 11 is 5.99. The van der Waals surface area contributed by atoms with Gasteiger partial charge >= 0.3 is 12.0 Å². The standard InChI is InChI=1S/C20H23ClN2O6/c1-28-16-7-6-13(11-14(16)21)15(24)12-29-17(25)5-4-10-23-18(26)20(22-19(23)27)8-2-3-9-20/h6-7,11H,2-5,8-10,12H2,1H3,(H,22,27). The zero-order valence-electron chi connectivity index (χ0n) is 16.2. The van der Waals surface area contributed by atoms with Gasteiger partial charge < -0.3 is 14.8 Å². The fourth-order valence-electron chi connectivity index (χ4n) is 3.72. The molecule has 29 heavy (non-hydrogen) atoms. The number of esters is 1. The molecule has 1 aromatic rings. The van der Waals surface area contributed by atoms with Crippen LogP contribution in [0.2, 0.25) is 5.02 Å². The van der Waals surface area contributed by atoms with Gasteiger partial charge in [0.05, 0.1) is 12.1 Å². The number of halogens is 1. The lowest BCUT2D eigenvalue weighted by atomic mass is 9.98. The van der Waals surface area contributed by atoms with Crippen molar-refractivity contribution < 1.29 is 28.7 Å². The van der Waals surface area contributed by atoms with Gasteiger partial charge in [-0.15, -0.1) is 0 Å². The summed E-state index contributed by atoms with van der Waals surface area (Å²) in [4.78, 5) is 49.8. The molecule has 0 unspecified atom stereocenters. The van der Waals surface area contributed by atoms with Crippen molar-refractivity contribution in [1.82, 2.24) is 10.2 Å². The number of imide groups is 1. The van der Waals surface area contributed by atoms with E-state index in [9.17, 15) is 19.2 Å². The number of ketones is 1. The van der Waals surface area contributed by atoms with Crippen molar-refractivity contribution in [2.45, 2.75) is 44.1 Å². The number of Topliss-reactive ketones (excluding diaryl/α,β-unsaturated/α-hetero) is 1. The minimum absolute atomic E-state index is 0.000703. The van der Waals surface area contributed by atoms with E-state index >= 15 is 0 Å². The van der Waals surface area contributed by atoms with Gasteiger partial charge in [-0.25, -0.2) is 4.79 Å². The summed E-state index contributed by atoms with van der Waals surface area (Å²) in [6.45, 7) is -0.267. The Balaban J connectivity index is 1.42. The third-order valence-corrected chi connectivity index (χ3v) is 5.60. The molecule has 1 spiro atoms. The number of amides is 3. The largest absolute Gasteiger partial charge is 0.495 e. The van der Waals surface area contributed by atoms with E-state index in [0.29, 0.717) is 29.2 Å². The third-order valence-electron chi connectivity index (χ3n) is 5.30. The summed E-state index contributed by atoms with van der Waals surface area (Å²) in [5, 5.41) is 3.09. The van der Waals surface area contributed by atoms with E-state index in [1.165, 1.54) is 24.1 Å². The quantitative estimate of drug-likeness (QED) is 0.392. The first-order valence-corrected chi connectivity index (χ1v) is 9.90. The van der Waals surface area contributed by atoms with E-state index in [4.69, 9.17) is 21.1 Å². The van der Waals surface area contributed by atoms with E-state index < -0.39 is 24.1 Å². The fourth-order valence-corrected chi connectivity index (χ4v) is 3.98. The summed E-state index contributed by atoms with van der Waals surface area (Å²) in [5.41, 5.74) is -0.436. The zero-order chi connectivity index (χ0) is 21.0. The molecule has 1 aliphatic carbocycles. The topological polar surface area (TPSA) is 102 Å². The average Bonchev–Trinajstić information content (AvgIpc) is 3.26. The van der Waals surface area contributed by atoms with Crippen molar-refractivity contribution >= 4 is 35.3 Å². The molecule has 0 bridgehead atoms. The first kappa shape index (κ1) is 21.1. The molecule has 156 valence electrons. The van der Waals surface area contributed by atoms with Crippen LogP contribution >= 0.6 is 11.6 Å². The molecule has 2 fully saturated rings. The Bertz CT molecular complexity index is 834. The van der Waals surface area contributed by atoms with Gasteiger partial charge in [-0.05, 0) is 37.5 Å². The highest BCUT2D eigenvalue weighted by Gasteiger charge is 2.52. The minimum Gasteiger partial charge on any atom is -0.495 e. The van der Waals surface area contributed by atoms with Crippen LogP contribution < -0.4 is 10.1 Å². The Hall–Kier alpha value is -2.61. The van der Waals surface area contributed by atoms with Crippen molar-refractivity contribution in [3.63, 3.8) is 0 Å². The summed E-state index contributed by atoms with van der Waals surface area (Å²) in [6, 6.07) is 4.15. The number of nitrogens with zero attached hydrogens (tertiary/aromatic N) is 1. The predicted molar refractivity (Wildman–Crippen MR) is 104 cm³/mol. The smallest absolute Gasteiger partial charge is 0.325 e. The van der Waals surface area contributed by atoms with E-state index in [1.54, 1.807) is 6.07 Å². The van der Waals surface area contributed by atoms with Crippen molar-refractivity contribution in [3.8, 4) is 5.75 Å². The van der Waals surface area contributed by atoms with Crippen LogP contribution in [0.1, 0.15) is 48.9 Å². The van der Waals surface area contributed by atoms with E-state index in [1.807, 2.05) is 0 Å². The van der Waals surface area contributed by atoms with Crippen LogP contribution in [-0.4, -0.2) is 54.4 Å². The molecule has 8 nitrogen and oxygen atoms in total. The molecule has 2 aliphatic rings. The van der Waals surface area contributed by atoms with Crippen molar-refractivity contribution in [3.05, 3.63) is 28.8 Å². The molecule has 1 saturated heterocycles. The normalized spacial score (nSPS) is 17.5. The van der Waals surface area contributed by atoms with Crippen LogP contribution in [0.25, 0.3) is 0 Å². The van der Waals surface area contributed by atoms with Gasteiger partial charge in [0.2, 0.25) is 0 Å². The van der Waals surface area contributed by atoms with Crippen LogP contribution in [0.4, 0.5) is 4.79 Å². The highest BCUT2D eigenvalue weighted by atomic mass is 35.5. The zero-order valence-corrected chi connectivity index (χ0v) is 16.9. The Morgan fingerprint density at radius 1 is 1.24 bits per heavy atom. The molecule has 1 N–H and O–H groups in total. The fraction of sp³-hybridized carbons (Fsp3) is 0.500. The van der Waals surface area contributed by atoms with Gasteiger partial charge in [-0.1, -0.05) is 24.4 Å². The number of ether oxygens (including phenoxy) is 2. The number of nitrogens with one attached hydrogen (secondary N) is 1. The lowest BCUT2D eigenvalue weighted by Crippen LogP contribution is -2.44. The van der Waals surface area contributed by atoms with E-state index in [2.05, 4.69) is 5.32 Å². The second-order valence-corrected chi connectivity index (χ2v) is 7.62. The Labute approximate surface area is 173 Å². The monoisotopic (exact) mass is 422 g/mol. The summed E-state index contributed by atoms with van der Waals surface area (Å²) in [6.07, 6.45) is 3.43. The van der Waals surface area contributed by atoms with Gasteiger partial charge in [0.15, 0.2) is 12.4 Å². The molecular formula is C20H23ClN2O6. The maximum absolute atomic E-state index is 12.5. The lowest BCUT2D eigenvalue weighted by molar-refractivity contribution is -0.143. The molecule has 3 rings (SSSR count).